The van der Waals surface area contributed by atoms with Gasteiger partial charge in [0.15, 0.2) is 5.78 Å². The van der Waals surface area contributed by atoms with Crippen LogP contribution in [0.2, 0.25) is 0 Å². The Morgan fingerprint density at radius 1 is 0.793 bits per heavy atom. The number of nitrogens with zero attached hydrogens (tertiary/aromatic N) is 1. The van der Waals surface area contributed by atoms with E-state index in [1.165, 1.54) is 6.08 Å². The minimum atomic E-state index is -0.0713. The topological polar surface area (TPSA) is 107 Å². The van der Waals surface area contributed by atoms with Crippen molar-refractivity contribution < 1.29 is 4.79 Å². The second-order valence-electron chi connectivity index (χ2n) is 7.69. The first-order valence-corrected chi connectivity index (χ1v) is 9.62. The number of carbonyl (C=O) groups is 1. The molecule has 5 heteroatoms. The van der Waals surface area contributed by atoms with Crippen LogP contribution >= 0.6 is 0 Å². The van der Waals surface area contributed by atoms with Gasteiger partial charge in [-0.25, -0.2) is 4.99 Å². The van der Waals surface area contributed by atoms with Gasteiger partial charge in [0.25, 0.3) is 0 Å². The number of benzene rings is 2. The van der Waals surface area contributed by atoms with E-state index < -0.39 is 0 Å². The third-order valence-electron chi connectivity index (χ3n) is 6.01. The highest BCUT2D eigenvalue weighted by Gasteiger charge is 2.24. The van der Waals surface area contributed by atoms with Crippen LogP contribution in [0.25, 0.3) is 0 Å². The van der Waals surface area contributed by atoms with Gasteiger partial charge in [0.2, 0.25) is 0 Å². The van der Waals surface area contributed by atoms with Crippen molar-refractivity contribution in [1.82, 2.24) is 0 Å². The predicted octanol–water partition coefficient (Wildman–Crippen LogP) is 4.14. The maximum absolute atomic E-state index is 12.7. The molecule has 29 heavy (non-hydrogen) atoms. The summed E-state index contributed by atoms with van der Waals surface area (Å²) in [6.45, 7) is 9.89. The van der Waals surface area contributed by atoms with E-state index in [1.54, 1.807) is 0 Å². The van der Waals surface area contributed by atoms with Crippen LogP contribution in [-0.4, -0.2) is 11.5 Å². The molecule has 0 atom stereocenters. The van der Waals surface area contributed by atoms with E-state index in [4.69, 9.17) is 22.2 Å². The Balaban J connectivity index is 2.09. The lowest BCUT2D eigenvalue weighted by Gasteiger charge is -2.20. The van der Waals surface area contributed by atoms with E-state index in [0.29, 0.717) is 23.4 Å². The normalized spacial score (nSPS) is 15.8. The number of hydrogen-bond donors (Lipinski definition) is 3. The van der Waals surface area contributed by atoms with Gasteiger partial charge >= 0.3 is 0 Å². The van der Waals surface area contributed by atoms with Crippen LogP contribution in [0.1, 0.15) is 34.7 Å². The van der Waals surface area contributed by atoms with Crippen molar-refractivity contribution in [2.45, 2.75) is 41.0 Å². The zero-order valence-electron chi connectivity index (χ0n) is 17.7. The average molecular weight is 389 g/mol. The minimum Gasteiger partial charge on any atom is -0.399 e. The van der Waals surface area contributed by atoms with Crippen LogP contribution in [-0.2, 0) is 11.2 Å². The zero-order chi connectivity index (χ0) is 21.5. The highest BCUT2D eigenvalue weighted by atomic mass is 16.1. The molecule has 0 saturated heterocycles. The van der Waals surface area contributed by atoms with Gasteiger partial charge in [-0.15, -0.1) is 0 Å². The molecule has 1 aliphatic rings. The molecule has 6 N–H and O–H groups in total. The molecule has 5 nitrogen and oxygen atoms in total. The third-order valence-corrected chi connectivity index (χ3v) is 6.01. The number of rotatable bonds is 3. The van der Waals surface area contributed by atoms with E-state index in [1.807, 2.05) is 58.9 Å². The monoisotopic (exact) mass is 388 g/mol. The molecule has 0 aromatic heterocycles. The molecule has 150 valence electrons. The molecule has 2 aromatic rings. The second-order valence-corrected chi connectivity index (χ2v) is 7.69. The lowest BCUT2D eigenvalue weighted by Crippen LogP contribution is -2.24. The van der Waals surface area contributed by atoms with Gasteiger partial charge in [0.05, 0.1) is 17.1 Å². The molecule has 3 rings (SSSR count). The largest absolute Gasteiger partial charge is 0.399 e. The Labute approximate surface area is 172 Å². The summed E-state index contributed by atoms with van der Waals surface area (Å²) in [5.41, 5.74) is 28.2. The maximum Gasteiger partial charge on any atom is 0.184 e. The lowest BCUT2D eigenvalue weighted by molar-refractivity contribution is -0.111. The molecule has 0 radical (unpaired) electrons. The Hall–Kier alpha value is -3.34. The number of anilines is 2. The van der Waals surface area contributed by atoms with E-state index in [2.05, 4.69) is 0 Å². The highest BCUT2D eigenvalue weighted by Crippen LogP contribution is 2.30. The molecular weight excluding hydrogens is 360 g/mol. The van der Waals surface area contributed by atoms with Gasteiger partial charge in [-0.3, -0.25) is 4.79 Å². The number of ketones is 1. The first kappa shape index (κ1) is 20.4. The van der Waals surface area contributed by atoms with Gasteiger partial charge in [0.1, 0.15) is 0 Å². The summed E-state index contributed by atoms with van der Waals surface area (Å²) in [4.78, 5) is 17.5. The van der Waals surface area contributed by atoms with Crippen molar-refractivity contribution in [1.29, 1.82) is 0 Å². The summed E-state index contributed by atoms with van der Waals surface area (Å²) in [6.07, 6.45) is 1.99. The number of nitrogens with two attached hydrogens (primary N) is 3. The van der Waals surface area contributed by atoms with Gasteiger partial charge in [-0.2, -0.15) is 0 Å². The van der Waals surface area contributed by atoms with Crippen molar-refractivity contribution in [2.75, 3.05) is 11.5 Å². The van der Waals surface area contributed by atoms with Crippen LogP contribution in [0.5, 0.6) is 0 Å². The maximum atomic E-state index is 12.7. The van der Waals surface area contributed by atoms with Crippen molar-refractivity contribution in [3.8, 4) is 0 Å². The number of carbonyl (C=O) groups excluding carboxylic acids is 1. The molecule has 2 aromatic carbocycles. The van der Waals surface area contributed by atoms with E-state index >= 15 is 0 Å². The van der Waals surface area contributed by atoms with Crippen LogP contribution in [0.15, 0.2) is 52.2 Å². The van der Waals surface area contributed by atoms with Gasteiger partial charge in [-0.05, 0) is 86.2 Å². The number of allylic oxidation sites excluding steroid dienone is 3. The van der Waals surface area contributed by atoms with Crippen molar-refractivity contribution >= 4 is 28.6 Å². The fourth-order valence-electron chi connectivity index (χ4n) is 3.56. The molecule has 0 spiro atoms. The Morgan fingerprint density at radius 2 is 1.38 bits per heavy atom. The van der Waals surface area contributed by atoms with E-state index in [-0.39, 0.29) is 5.78 Å². The third kappa shape index (κ3) is 3.68. The van der Waals surface area contributed by atoms with Crippen LogP contribution in [0, 0.1) is 27.7 Å². The van der Waals surface area contributed by atoms with Crippen molar-refractivity contribution in [2.24, 2.45) is 10.7 Å². The lowest BCUT2D eigenvalue weighted by atomic mass is 9.87. The number of aliphatic imine (C=N–C) groups is 1. The summed E-state index contributed by atoms with van der Waals surface area (Å²) in [6, 6.07) is 7.60. The summed E-state index contributed by atoms with van der Waals surface area (Å²) in [5.74, 6) is -0.0713. The molecule has 0 heterocycles. The van der Waals surface area contributed by atoms with Crippen molar-refractivity contribution in [3.63, 3.8) is 0 Å². The molecule has 0 fully saturated rings. The molecule has 0 saturated carbocycles. The standard InChI is InChI=1S/C24H28N4O/c1-12-13(2)19(25)7-6-17(12)10-18-16(5)24(21(27)11-23(18)29)28-22-9-8-20(26)14(3)15(22)4/h6-9,11H,10,25-27H2,1-5H3. The summed E-state index contributed by atoms with van der Waals surface area (Å²) in [7, 11) is 0. The smallest absolute Gasteiger partial charge is 0.184 e. The molecule has 0 bridgehead atoms. The van der Waals surface area contributed by atoms with Crippen molar-refractivity contribution in [3.05, 3.63) is 75.0 Å². The highest BCUT2D eigenvalue weighted by molar-refractivity contribution is 6.24. The first-order valence-electron chi connectivity index (χ1n) is 9.62. The van der Waals surface area contributed by atoms with Gasteiger partial charge in [0, 0.05) is 29.4 Å². The average Bonchev–Trinajstić information content (AvgIpc) is 2.67. The van der Waals surface area contributed by atoms with Gasteiger partial charge in [-0.1, -0.05) is 6.07 Å². The number of nitrogen functional groups attached to an aromatic ring is 2. The Morgan fingerprint density at radius 3 is 2.03 bits per heavy atom. The second kappa shape index (κ2) is 7.59. The minimum absolute atomic E-state index is 0.0713. The van der Waals surface area contributed by atoms with Crippen LogP contribution in [0.4, 0.5) is 17.1 Å². The quantitative estimate of drug-likeness (QED) is 0.542. The van der Waals surface area contributed by atoms with Gasteiger partial charge < -0.3 is 17.2 Å². The Kier molecular flexibility index (Phi) is 5.33. The number of hydrogen-bond acceptors (Lipinski definition) is 5. The zero-order valence-corrected chi connectivity index (χ0v) is 17.7. The van der Waals surface area contributed by atoms with Crippen LogP contribution in [0.3, 0.4) is 0 Å². The molecule has 0 amide bonds. The predicted molar refractivity (Wildman–Crippen MR) is 121 cm³/mol. The summed E-state index contributed by atoms with van der Waals surface area (Å²) < 4.78 is 0. The SMILES string of the molecule is CC1=C(Cc2ccc(N)c(C)c2C)C(=O)C=C(N)C1=Nc1ccc(N)c(C)c1C. The fourth-order valence-corrected chi connectivity index (χ4v) is 3.56. The molecular formula is C24H28N4O. The first-order chi connectivity index (χ1) is 13.6. The fraction of sp³-hybridized carbons (Fsp3) is 0.250. The van der Waals surface area contributed by atoms with E-state index in [0.717, 1.165) is 50.5 Å². The molecule has 1 aliphatic carbocycles. The molecule has 0 unspecified atom stereocenters. The summed E-state index contributed by atoms with van der Waals surface area (Å²) in [5, 5.41) is 0. The van der Waals surface area contributed by atoms with Crippen LogP contribution < -0.4 is 17.2 Å². The summed E-state index contributed by atoms with van der Waals surface area (Å²) >= 11 is 0. The van der Waals surface area contributed by atoms with E-state index in [9.17, 15) is 4.79 Å². The molecule has 0 aliphatic heterocycles. The Bertz CT molecular complexity index is 1120.